The molecule has 0 heterocycles. The number of carbonyl (C=O) groups is 1. The Balaban J connectivity index is 1.69. The summed E-state index contributed by atoms with van der Waals surface area (Å²) in [5, 5.41) is 10.2. The van der Waals surface area contributed by atoms with Crippen LogP contribution in [0.25, 0.3) is 0 Å². The molecule has 164 valence electrons. The zero-order chi connectivity index (χ0) is 21.2. The lowest BCUT2D eigenvalue weighted by atomic mass is 9.47. The minimum absolute atomic E-state index is 0.135. The summed E-state index contributed by atoms with van der Waals surface area (Å²) in [4.78, 5) is 13.0. The van der Waals surface area contributed by atoms with Gasteiger partial charge in [-0.15, -0.1) is 0 Å². The van der Waals surface area contributed by atoms with Crippen molar-refractivity contribution in [2.75, 3.05) is 25.1 Å². The number of hydrogen-bond acceptors (Lipinski definition) is 2. The fourth-order valence-electron chi connectivity index (χ4n) is 8.46. The molecule has 0 aromatic heterocycles. The SMILES string of the molecule is CC(=O)[C@H]1[C@H]([N+](C)(C)CCI)C[C@H]2[C@@H]3CC=C4C[C@H](O)CC[C@]4(C)[C@H]3CC[C@@]21C. The molecule has 0 radical (unpaired) electrons. The Labute approximate surface area is 191 Å². The number of fused-ring (bicyclic) bond motifs is 5. The Morgan fingerprint density at radius 2 is 1.97 bits per heavy atom. The van der Waals surface area contributed by atoms with Crippen LogP contribution in [0.5, 0.6) is 0 Å². The molecule has 0 aromatic carbocycles. The van der Waals surface area contributed by atoms with Crippen molar-refractivity contribution in [3.05, 3.63) is 11.6 Å². The van der Waals surface area contributed by atoms with E-state index in [1.165, 1.54) is 25.7 Å². The van der Waals surface area contributed by atoms with Crippen molar-refractivity contribution in [2.45, 2.75) is 77.9 Å². The minimum atomic E-state index is -0.135. The number of carbonyl (C=O) groups excluding carboxylic acids is 1. The molecule has 0 saturated heterocycles. The summed E-state index contributed by atoms with van der Waals surface area (Å²) in [6.07, 6.45) is 10.2. The summed E-state index contributed by atoms with van der Waals surface area (Å²) in [6.45, 7) is 7.97. The van der Waals surface area contributed by atoms with Crippen LogP contribution in [0.3, 0.4) is 0 Å². The van der Waals surface area contributed by atoms with Gasteiger partial charge in [-0.2, -0.15) is 0 Å². The average Bonchev–Trinajstić information content (AvgIpc) is 2.96. The molecule has 3 saturated carbocycles. The molecule has 4 aliphatic carbocycles. The van der Waals surface area contributed by atoms with E-state index in [0.717, 1.165) is 40.6 Å². The first-order valence-corrected chi connectivity index (χ1v) is 13.3. The Kier molecular flexibility index (Phi) is 5.82. The van der Waals surface area contributed by atoms with Gasteiger partial charge in [-0.3, -0.25) is 4.79 Å². The topological polar surface area (TPSA) is 37.3 Å². The number of Topliss-reactive ketones (excluding diaryl/α,β-unsaturated/α-hetero) is 1. The van der Waals surface area contributed by atoms with E-state index in [0.29, 0.717) is 23.7 Å². The molecule has 4 heteroatoms. The minimum Gasteiger partial charge on any atom is -0.393 e. The van der Waals surface area contributed by atoms with Gasteiger partial charge in [0.05, 0.1) is 38.7 Å². The largest absolute Gasteiger partial charge is 0.393 e. The standard InChI is InChI=1S/C25H41INO2/c1-16(28)23-22(27(4,5)13-12-26)15-21-19-7-6-17-14-18(29)8-10-24(17,2)20(19)9-11-25(21,23)3/h6,18-23,29H,7-15H2,1-5H3/q+1/t18-,19-,20+,21+,22-,23+,24+,25+/m1/s1. The van der Waals surface area contributed by atoms with Gasteiger partial charge in [-0.05, 0) is 74.0 Å². The molecule has 29 heavy (non-hydrogen) atoms. The van der Waals surface area contributed by atoms with Crippen molar-refractivity contribution in [1.82, 2.24) is 0 Å². The van der Waals surface area contributed by atoms with Crippen LogP contribution in [0.2, 0.25) is 0 Å². The monoisotopic (exact) mass is 514 g/mol. The predicted molar refractivity (Wildman–Crippen MR) is 127 cm³/mol. The molecule has 0 aliphatic heterocycles. The zero-order valence-electron chi connectivity index (χ0n) is 19.1. The van der Waals surface area contributed by atoms with E-state index in [2.05, 4.69) is 56.6 Å². The fraction of sp³-hybridized carbons (Fsp3) is 0.880. The number of rotatable bonds is 4. The van der Waals surface area contributed by atoms with Crippen molar-refractivity contribution in [3.8, 4) is 0 Å². The van der Waals surface area contributed by atoms with Crippen LogP contribution < -0.4 is 0 Å². The molecule has 3 nitrogen and oxygen atoms in total. The molecule has 8 atom stereocenters. The summed E-state index contributed by atoms with van der Waals surface area (Å²) in [5.41, 5.74) is 1.98. The molecule has 0 spiro atoms. The first-order chi connectivity index (χ1) is 13.5. The highest BCUT2D eigenvalue weighted by Gasteiger charge is 2.64. The van der Waals surface area contributed by atoms with Gasteiger partial charge in [-0.25, -0.2) is 0 Å². The third kappa shape index (κ3) is 3.38. The lowest BCUT2D eigenvalue weighted by molar-refractivity contribution is -0.914. The van der Waals surface area contributed by atoms with Gasteiger partial charge in [0.25, 0.3) is 0 Å². The number of quaternary nitrogens is 1. The molecule has 4 rings (SSSR count). The molecular formula is C25H41INO2+. The maximum atomic E-state index is 13.0. The number of alkyl halides is 1. The van der Waals surface area contributed by atoms with Crippen LogP contribution in [-0.2, 0) is 4.79 Å². The van der Waals surface area contributed by atoms with E-state index in [9.17, 15) is 9.90 Å². The van der Waals surface area contributed by atoms with E-state index in [4.69, 9.17) is 0 Å². The second kappa shape index (κ2) is 7.58. The Morgan fingerprint density at radius 1 is 1.24 bits per heavy atom. The number of ketones is 1. The summed E-state index contributed by atoms with van der Waals surface area (Å²) in [7, 11) is 4.72. The number of aliphatic hydroxyl groups is 1. The van der Waals surface area contributed by atoms with E-state index < -0.39 is 0 Å². The van der Waals surface area contributed by atoms with E-state index in [1.807, 2.05) is 6.92 Å². The number of nitrogens with zero attached hydrogens (tertiary/aromatic N) is 1. The van der Waals surface area contributed by atoms with E-state index in [1.54, 1.807) is 5.57 Å². The lowest BCUT2D eigenvalue weighted by Gasteiger charge is -2.57. The van der Waals surface area contributed by atoms with E-state index in [-0.39, 0.29) is 22.9 Å². The number of halogens is 1. The first kappa shape index (κ1) is 22.3. The zero-order valence-corrected chi connectivity index (χ0v) is 21.2. The van der Waals surface area contributed by atoms with Gasteiger partial charge in [0.1, 0.15) is 5.78 Å². The van der Waals surface area contributed by atoms with Gasteiger partial charge in [0.15, 0.2) is 0 Å². The highest BCUT2D eigenvalue weighted by molar-refractivity contribution is 14.1. The third-order valence-electron chi connectivity index (χ3n) is 10.1. The van der Waals surface area contributed by atoms with Crippen molar-refractivity contribution >= 4 is 28.4 Å². The lowest BCUT2D eigenvalue weighted by Crippen LogP contribution is -2.55. The molecule has 0 aromatic rings. The van der Waals surface area contributed by atoms with Gasteiger partial charge in [0, 0.05) is 10.8 Å². The number of hydrogen-bond donors (Lipinski definition) is 1. The van der Waals surface area contributed by atoms with Crippen LogP contribution >= 0.6 is 22.6 Å². The Hall–Kier alpha value is 0.0600. The van der Waals surface area contributed by atoms with Gasteiger partial charge < -0.3 is 9.59 Å². The van der Waals surface area contributed by atoms with Crippen LogP contribution in [0.4, 0.5) is 0 Å². The Bertz CT molecular complexity index is 703. The molecule has 4 aliphatic rings. The van der Waals surface area contributed by atoms with Gasteiger partial charge in [0.2, 0.25) is 0 Å². The maximum absolute atomic E-state index is 13.0. The van der Waals surface area contributed by atoms with Crippen LogP contribution in [0.1, 0.15) is 65.7 Å². The number of aliphatic hydroxyl groups excluding tert-OH is 1. The smallest absolute Gasteiger partial charge is 0.139 e. The summed E-state index contributed by atoms with van der Waals surface area (Å²) in [6, 6.07) is 0.461. The summed E-state index contributed by atoms with van der Waals surface area (Å²) < 4.78 is 2.13. The van der Waals surface area contributed by atoms with Crippen molar-refractivity contribution in [1.29, 1.82) is 0 Å². The van der Waals surface area contributed by atoms with Gasteiger partial charge in [-0.1, -0.05) is 48.1 Å². The fourth-order valence-corrected chi connectivity index (χ4v) is 9.71. The number of allylic oxidation sites excluding steroid dienone is 1. The normalized spacial score (nSPS) is 47.1. The summed E-state index contributed by atoms with van der Waals surface area (Å²) in [5.74, 6) is 2.74. The molecule has 3 fully saturated rings. The molecule has 0 bridgehead atoms. The third-order valence-corrected chi connectivity index (χ3v) is 10.6. The van der Waals surface area contributed by atoms with Crippen LogP contribution in [0.15, 0.2) is 11.6 Å². The summed E-state index contributed by atoms with van der Waals surface area (Å²) >= 11 is 2.49. The highest BCUT2D eigenvalue weighted by atomic mass is 127. The predicted octanol–water partition coefficient (Wildman–Crippen LogP) is 5.01. The average molecular weight is 515 g/mol. The molecule has 1 N–H and O–H groups in total. The molecular weight excluding hydrogens is 473 g/mol. The van der Waals surface area contributed by atoms with Crippen molar-refractivity contribution in [3.63, 3.8) is 0 Å². The second-order valence-corrected chi connectivity index (χ2v) is 12.9. The van der Waals surface area contributed by atoms with Crippen LogP contribution in [-0.4, -0.2) is 52.6 Å². The molecule has 0 unspecified atom stereocenters. The molecule has 0 amide bonds. The first-order valence-electron chi connectivity index (χ1n) is 11.8. The second-order valence-electron chi connectivity index (χ2n) is 11.8. The highest BCUT2D eigenvalue weighted by Crippen LogP contribution is 2.67. The maximum Gasteiger partial charge on any atom is 0.139 e. The van der Waals surface area contributed by atoms with Gasteiger partial charge >= 0.3 is 0 Å². The van der Waals surface area contributed by atoms with Crippen molar-refractivity contribution in [2.24, 2.45) is 34.5 Å². The van der Waals surface area contributed by atoms with Crippen LogP contribution in [0, 0.1) is 34.5 Å². The van der Waals surface area contributed by atoms with E-state index >= 15 is 0 Å². The Morgan fingerprint density at radius 3 is 2.62 bits per heavy atom. The quantitative estimate of drug-likeness (QED) is 0.248. The van der Waals surface area contributed by atoms with Crippen molar-refractivity contribution < 1.29 is 14.4 Å².